The van der Waals surface area contributed by atoms with Gasteiger partial charge in [0.15, 0.2) is 0 Å². The van der Waals surface area contributed by atoms with Gasteiger partial charge in [0.2, 0.25) is 11.8 Å². The Morgan fingerprint density at radius 1 is 1.52 bits per heavy atom. The minimum absolute atomic E-state index is 0.108. The molecule has 1 fully saturated rings. The number of halogens is 1. The number of hydrogen-bond donors (Lipinski definition) is 1. The summed E-state index contributed by atoms with van der Waals surface area (Å²) < 4.78 is 18.3. The zero-order chi connectivity index (χ0) is 15.2. The molecule has 0 bridgehead atoms. The van der Waals surface area contributed by atoms with E-state index in [0.29, 0.717) is 25.3 Å². The molecule has 114 valence electrons. The summed E-state index contributed by atoms with van der Waals surface area (Å²) in [5.41, 5.74) is 0. The van der Waals surface area contributed by atoms with Crippen LogP contribution in [-0.4, -0.2) is 42.5 Å². The smallest absolute Gasteiger partial charge is 0.242 e. The first-order valence-electron chi connectivity index (χ1n) is 7.07. The molecule has 21 heavy (non-hydrogen) atoms. The van der Waals surface area contributed by atoms with Crippen LogP contribution < -0.4 is 10.1 Å². The maximum absolute atomic E-state index is 13.0. The normalized spacial score (nSPS) is 18.3. The summed E-state index contributed by atoms with van der Waals surface area (Å²) in [7, 11) is 0. The Hall–Kier alpha value is -2.11. The van der Waals surface area contributed by atoms with E-state index in [1.807, 2.05) is 6.92 Å². The van der Waals surface area contributed by atoms with Crippen molar-refractivity contribution in [1.29, 1.82) is 0 Å². The van der Waals surface area contributed by atoms with Crippen LogP contribution in [0.5, 0.6) is 5.75 Å². The molecule has 1 atom stereocenters. The second kappa shape index (κ2) is 7.06. The van der Waals surface area contributed by atoms with Crippen LogP contribution >= 0.6 is 0 Å². The van der Waals surface area contributed by atoms with E-state index >= 15 is 0 Å². The van der Waals surface area contributed by atoms with Crippen molar-refractivity contribution in [2.45, 2.75) is 25.8 Å². The Morgan fingerprint density at radius 2 is 2.33 bits per heavy atom. The molecule has 1 aromatic carbocycles. The minimum Gasteiger partial charge on any atom is -0.493 e. The van der Waals surface area contributed by atoms with Crippen LogP contribution in [0, 0.1) is 5.82 Å². The SMILES string of the molecule is CCC1C(=O)NCCN1C(=O)CCOc1cccc(F)c1. The maximum Gasteiger partial charge on any atom is 0.242 e. The van der Waals surface area contributed by atoms with Crippen LogP contribution in [0.25, 0.3) is 0 Å². The summed E-state index contributed by atoms with van der Waals surface area (Å²) in [6.07, 6.45) is 0.753. The van der Waals surface area contributed by atoms with E-state index in [1.165, 1.54) is 12.1 Å². The first-order valence-corrected chi connectivity index (χ1v) is 7.07. The van der Waals surface area contributed by atoms with E-state index in [9.17, 15) is 14.0 Å². The van der Waals surface area contributed by atoms with Crippen molar-refractivity contribution in [3.63, 3.8) is 0 Å². The monoisotopic (exact) mass is 294 g/mol. The number of nitrogens with zero attached hydrogens (tertiary/aromatic N) is 1. The highest BCUT2D eigenvalue weighted by Crippen LogP contribution is 2.13. The van der Waals surface area contributed by atoms with E-state index < -0.39 is 6.04 Å². The minimum atomic E-state index is -0.402. The molecular formula is C15H19FN2O3. The number of benzene rings is 1. The van der Waals surface area contributed by atoms with Crippen LogP contribution in [0.3, 0.4) is 0 Å². The van der Waals surface area contributed by atoms with Gasteiger partial charge in [-0.2, -0.15) is 0 Å². The van der Waals surface area contributed by atoms with Crippen molar-refractivity contribution in [2.24, 2.45) is 0 Å². The van der Waals surface area contributed by atoms with Gasteiger partial charge in [-0.3, -0.25) is 9.59 Å². The van der Waals surface area contributed by atoms with E-state index in [0.717, 1.165) is 0 Å². The van der Waals surface area contributed by atoms with E-state index in [-0.39, 0.29) is 30.7 Å². The first-order chi connectivity index (χ1) is 10.1. The van der Waals surface area contributed by atoms with Gasteiger partial charge in [-0.25, -0.2) is 4.39 Å². The highest BCUT2D eigenvalue weighted by Gasteiger charge is 2.31. The first kappa shape index (κ1) is 15.3. The number of piperazine rings is 1. The molecule has 1 aromatic rings. The zero-order valence-electron chi connectivity index (χ0n) is 12.0. The van der Waals surface area contributed by atoms with Gasteiger partial charge in [0, 0.05) is 19.2 Å². The van der Waals surface area contributed by atoms with E-state index in [4.69, 9.17) is 4.74 Å². The molecule has 2 rings (SSSR count). The van der Waals surface area contributed by atoms with Gasteiger partial charge >= 0.3 is 0 Å². The van der Waals surface area contributed by atoms with Gasteiger partial charge < -0.3 is 15.0 Å². The summed E-state index contributed by atoms with van der Waals surface area (Å²) in [5.74, 6) is -0.208. The molecule has 1 N–H and O–H groups in total. The van der Waals surface area contributed by atoms with Gasteiger partial charge in [-0.05, 0) is 18.6 Å². The zero-order valence-corrected chi connectivity index (χ0v) is 12.0. The van der Waals surface area contributed by atoms with E-state index in [1.54, 1.807) is 17.0 Å². The van der Waals surface area contributed by atoms with Crippen LogP contribution in [-0.2, 0) is 9.59 Å². The molecule has 0 spiro atoms. The number of nitrogens with one attached hydrogen (secondary N) is 1. The number of ether oxygens (including phenoxy) is 1. The average molecular weight is 294 g/mol. The third kappa shape index (κ3) is 3.93. The molecule has 1 aliphatic rings. The number of rotatable bonds is 5. The number of carbonyl (C=O) groups excluding carboxylic acids is 2. The van der Waals surface area contributed by atoms with Crippen molar-refractivity contribution in [3.8, 4) is 5.75 Å². The molecule has 0 aliphatic carbocycles. The van der Waals surface area contributed by atoms with Crippen LogP contribution in [0.15, 0.2) is 24.3 Å². The van der Waals surface area contributed by atoms with Gasteiger partial charge in [-0.15, -0.1) is 0 Å². The maximum atomic E-state index is 13.0. The molecule has 0 aromatic heterocycles. The van der Waals surface area contributed by atoms with Crippen molar-refractivity contribution >= 4 is 11.8 Å². The molecule has 1 heterocycles. The molecule has 5 nitrogen and oxygen atoms in total. The lowest BCUT2D eigenvalue weighted by Crippen LogP contribution is -2.57. The summed E-state index contributed by atoms with van der Waals surface area (Å²) in [6.45, 7) is 3.03. The Morgan fingerprint density at radius 3 is 3.05 bits per heavy atom. The predicted molar refractivity (Wildman–Crippen MR) is 75.3 cm³/mol. The fourth-order valence-electron chi connectivity index (χ4n) is 2.38. The lowest BCUT2D eigenvalue weighted by Gasteiger charge is -2.34. The van der Waals surface area contributed by atoms with Gasteiger partial charge in [-0.1, -0.05) is 13.0 Å². The highest BCUT2D eigenvalue weighted by atomic mass is 19.1. The topological polar surface area (TPSA) is 58.6 Å². The number of hydrogen-bond acceptors (Lipinski definition) is 3. The van der Waals surface area contributed by atoms with Gasteiger partial charge in [0.05, 0.1) is 13.0 Å². The lowest BCUT2D eigenvalue weighted by molar-refractivity contribution is -0.143. The molecule has 0 saturated carbocycles. The number of carbonyl (C=O) groups is 2. The molecule has 6 heteroatoms. The van der Waals surface area contributed by atoms with Crippen LogP contribution in [0.2, 0.25) is 0 Å². The molecule has 1 aliphatic heterocycles. The highest BCUT2D eigenvalue weighted by molar-refractivity contribution is 5.88. The van der Waals surface area contributed by atoms with Crippen molar-refractivity contribution in [2.75, 3.05) is 19.7 Å². The molecular weight excluding hydrogens is 275 g/mol. The van der Waals surface area contributed by atoms with Crippen LogP contribution in [0.1, 0.15) is 19.8 Å². The third-order valence-corrected chi connectivity index (χ3v) is 3.42. The summed E-state index contributed by atoms with van der Waals surface area (Å²) in [5, 5.41) is 2.75. The second-order valence-electron chi connectivity index (χ2n) is 4.86. The van der Waals surface area contributed by atoms with Crippen LogP contribution in [0.4, 0.5) is 4.39 Å². The standard InChI is InChI=1S/C15H19FN2O3/c1-2-13-15(20)17-7-8-18(13)14(19)6-9-21-12-5-3-4-11(16)10-12/h3-5,10,13H,2,6-9H2,1H3,(H,17,20). The Labute approximate surface area is 123 Å². The van der Waals surface area contributed by atoms with Crippen molar-refractivity contribution in [1.82, 2.24) is 10.2 Å². The fraction of sp³-hybridized carbons (Fsp3) is 0.467. The lowest BCUT2D eigenvalue weighted by atomic mass is 10.1. The Balaban J connectivity index is 1.85. The summed E-state index contributed by atoms with van der Waals surface area (Å²) in [4.78, 5) is 25.4. The molecule has 1 unspecified atom stereocenters. The number of amides is 2. The second-order valence-corrected chi connectivity index (χ2v) is 4.86. The summed E-state index contributed by atoms with van der Waals surface area (Å²) in [6, 6.07) is 5.38. The predicted octanol–water partition coefficient (Wildman–Crippen LogP) is 1.33. The molecule has 2 amide bonds. The quantitative estimate of drug-likeness (QED) is 0.891. The summed E-state index contributed by atoms with van der Waals surface area (Å²) >= 11 is 0. The molecule has 1 saturated heterocycles. The van der Waals surface area contributed by atoms with E-state index in [2.05, 4.69) is 5.32 Å². The Bertz CT molecular complexity index is 521. The third-order valence-electron chi connectivity index (χ3n) is 3.42. The molecule has 0 radical (unpaired) electrons. The Kier molecular flexibility index (Phi) is 5.14. The van der Waals surface area contributed by atoms with Crippen molar-refractivity contribution in [3.05, 3.63) is 30.1 Å². The van der Waals surface area contributed by atoms with Crippen molar-refractivity contribution < 1.29 is 18.7 Å². The fourth-order valence-corrected chi connectivity index (χ4v) is 2.38. The largest absolute Gasteiger partial charge is 0.493 e. The average Bonchev–Trinajstić information content (AvgIpc) is 2.47. The van der Waals surface area contributed by atoms with Gasteiger partial charge in [0.1, 0.15) is 17.6 Å². The van der Waals surface area contributed by atoms with Gasteiger partial charge in [0.25, 0.3) is 0 Å².